The summed E-state index contributed by atoms with van der Waals surface area (Å²) < 4.78 is 6.86. The molecule has 1 unspecified atom stereocenters. The van der Waals surface area contributed by atoms with Crippen molar-refractivity contribution in [2.24, 2.45) is 5.73 Å². The van der Waals surface area contributed by atoms with E-state index in [1.807, 2.05) is 31.2 Å². The Morgan fingerprint density at radius 2 is 2.07 bits per heavy atom. The Kier molecular flexibility index (Phi) is 3.11. The van der Waals surface area contributed by atoms with Gasteiger partial charge in [-0.05, 0) is 53.8 Å². The van der Waals surface area contributed by atoms with Gasteiger partial charge in [-0.2, -0.15) is 0 Å². The van der Waals surface area contributed by atoms with Gasteiger partial charge < -0.3 is 10.2 Å². The minimum atomic E-state index is -0.0541. The van der Waals surface area contributed by atoms with Gasteiger partial charge in [0.2, 0.25) is 0 Å². The summed E-state index contributed by atoms with van der Waals surface area (Å²) in [6.07, 6.45) is 0. The predicted molar refractivity (Wildman–Crippen MR) is 69.5 cm³/mol. The maximum Gasteiger partial charge on any atom is 0.134 e. The molecule has 2 nitrogen and oxygen atoms in total. The Morgan fingerprint density at radius 1 is 1.27 bits per heavy atom. The number of hydrogen-bond donors (Lipinski definition) is 1. The number of rotatable bonds is 2. The largest absolute Gasteiger partial charge is 0.459 e. The van der Waals surface area contributed by atoms with E-state index in [2.05, 4.69) is 34.7 Å². The zero-order valence-corrected chi connectivity index (χ0v) is 10.6. The van der Waals surface area contributed by atoms with Crippen LogP contribution in [0, 0.1) is 3.57 Å². The Labute approximate surface area is 103 Å². The molecule has 0 fully saturated rings. The quantitative estimate of drug-likeness (QED) is 0.861. The van der Waals surface area contributed by atoms with Gasteiger partial charge in [0, 0.05) is 9.13 Å². The standard InChI is InChI=1S/C12H12INO/c1-8(14)11-5-6-12(15-11)9-3-2-4-10(13)7-9/h2-8H,14H2,1H3. The normalized spacial score (nSPS) is 12.7. The number of nitrogens with two attached hydrogens (primary N) is 1. The zero-order chi connectivity index (χ0) is 10.8. The van der Waals surface area contributed by atoms with Gasteiger partial charge in [-0.1, -0.05) is 12.1 Å². The third kappa shape index (κ3) is 2.41. The number of halogens is 1. The van der Waals surface area contributed by atoms with Gasteiger partial charge >= 0.3 is 0 Å². The van der Waals surface area contributed by atoms with Crippen LogP contribution in [0.25, 0.3) is 11.3 Å². The van der Waals surface area contributed by atoms with Crippen molar-refractivity contribution in [2.45, 2.75) is 13.0 Å². The van der Waals surface area contributed by atoms with E-state index >= 15 is 0 Å². The fraction of sp³-hybridized carbons (Fsp3) is 0.167. The molecule has 2 rings (SSSR count). The summed E-state index contributed by atoms with van der Waals surface area (Å²) in [6, 6.07) is 12.0. The van der Waals surface area contributed by atoms with Crippen molar-refractivity contribution in [2.75, 3.05) is 0 Å². The summed E-state index contributed by atoms with van der Waals surface area (Å²) in [6.45, 7) is 1.91. The molecule has 15 heavy (non-hydrogen) atoms. The van der Waals surface area contributed by atoms with Crippen LogP contribution >= 0.6 is 22.6 Å². The molecule has 0 spiro atoms. The predicted octanol–water partition coefficient (Wildman–Crippen LogP) is 3.57. The smallest absolute Gasteiger partial charge is 0.134 e. The highest BCUT2D eigenvalue weighted by Crippen LogP contribution is 2.25. The molecule has 3 heteroatoms. The average molecular weight is 313 g/mol. The highest BCUT2D eigenvalue weighted by Gasteiger charge is 2.07. The fourth-order valence-electron chi connectivity index (χ4n) is 1.39. The highest BCUT2D eigenvalue weighted by molar-refractivity contribution is 14.1. The monoisotopic (exact) mass is 313 g/mol. The van der Waals surface area contributed by atoms with Crippen LogP contribution in [0.3, 0.4) is 0 Å². The topological polar surface area (TPSA) is 39.2 Å². The molecule has 1 heterocycles. The molecule has 1 aromatic heterocycles. The molecule has 2 N–H and O–H groups in total. The summed E-state index contributed by atoms with van der Waals surface area (Å²) in [4.78, 5) is 0. The maximum atomic E-state index is 5.74. The Morgan fingerprint density at radius 3 is 2.67 bits per heavy atom. The van der Waals surface area contributed by atoms with Crippen LogP contribution in [0.1, 0.15) is 18.7 Å². The molecule has 0 radical (unpaired) electrons. The molecule has 1 aromatic carbocycles. The number of hydrogen-bond acceptors (Lipinski definition) is 2. The van der Waals surface area contributed by atoms with Gasteiger partial charge in [-0.25, -0.2) is 0 Å². The second-order valence-corrected chi connectivity index (χ2v) is 4.75. The van der Waals surface area contributed by atoms with Gasteiger partial charge in [0.15, 0.2) is 0 Å². The van der Waals surface area contributed by atoms with Crippen molar-refractivity contribution >= 4 is 22.6 Å². The summed E-state index contributed by atoms with van der Waals surface area (Å²) in [5, 5.41) is 0. The Balaban J connectivity index is 2.37. The molecule has 0 amide bonds. The SMILES string of the molecule is CC(N)c1ccc(-c2cccc(I)c2)o1. The minimum Gasteiger partial charge on any atom is -0.459 e. The van der Waals surface area contributed by atoms with E-state index in [0.717, 1.165) is 17.1 Å². The fourth-order valence-corrected chi connectivity index (χ4v) is 1.94. The van der Waals surface area contributed by atoms with Gasteiger partial charge in [-0.3, -0.25) is 0 Å². The highest BCUT2D eigenvalue weighted by atomic mass is 127. The van der Waals surface area contributed by atoms with Crippen LogP contribution in [-0.4, -0.2) is 0 Å². The van der Waals surface area contributed by atoms with E-state index in [-0.39, 0.29) is 6.04 Å². The van der Waals surface area contributed by atoms with Crippen LogP contribution in [0.2, 0.25) is 0 Å². The summed E-state index contributed by atoms with van der Waals surface area (Å²) in [7, 11) is 0. The van der Waals surface area contributed by atoms with Crippen molar-refractivity contribution < 1.29 is 4.42 Å². The van der Waals surface area contributed by atoms with Crippen molar-refractivity contribution in [1.82, 2.24) is 0 Å². The minimum absolute atomic E-state index is 0.0541. The van der Waals surface area contributed by atoms with E-state index in [0.29, 0.717) is 0 Å². The van der Waals surface area contributed by atoms with E-state index in [9.17, 15) is 0 Å². The molecule has 1 atom stereocenters. The van der Waals surface area contributed by atoms with Gasteiger partial charge in [0.05, 0.1) is 6.04 Å². The molecule has 78 valence electrons. The van der Waals surface area contributed by atoms with Crippen LogP contribution in [0.15, 0.2) is 40.8 Å². The van der Waals surface area contributed by atoms with Crippen molar-refractivity contribution in [3.8, 4) is 11.3 Å². The molecular weight excluding hydrogens is 301 g/mol. The lowest BCUT2D eigenvalue weighted by Crippen LogP contribution is -2.02. The van der Waals surface area contributed by atoms with E-state index in [4.69, 9.17) is 10.2 Å². The molecule has 0 aliphatic rings. The van der Waals surface area contributed by atoms with E-state index in [1.54, 1.807) is 0 Å². The van der Waals surface area contributed by atoms with Crippen LogP contribution in [-0.2, 0) is 0 Å². The lowest BCUT2D eigenvalue weighted by molar-refractivity contribution is 0.491. The van der Waals surface area contributed by atoms with Gasteiger partial charge in [0.1, 0.15) is 11.5 Å². The second-order valence-electron chi connectivity index (χ2n) is 3.50. The van der Waals surface area contributed by atoms with Crippen LogP contribution < -0.4 is 5.73 Å². The second kappa shape index (κ2) is 4.37. The van der Waals surface area contributed by atoms with Crippen LogP contribution in [0.4, 0.5) is 0 Å². The van der Waals surface area contributed by atoms with E-state index < -0.39 is 0 Å². The molecular formula is C12H12INO. The third-order valence-electron chi connectivity index (χ3n) is 2.18. The summed E-state index contributed by atoms with van der Waals surface area (Å²) in [5.41, 5.74) is 6.83. The Bertz CT molecular complexity index is 462. The van der Waals surface area contributed by atoms with E-state index in [1.165, 1.54) is 3.57 Å². The first-order valence-electron chi connectivity index (χ1n) is 4.78. The lowest BCUT2D eigenvalue weighted by atomic mass is 10.2. The molecule has 0 aliphatic heterocycles. The van der Waals surface area contributed by atoms with Gasteiger partial charge in [-0.15, -0.1) is 0 Å². The maximum absolute atomic E-state index is 5.74. The summed E-state index contributed by atoms with van der Waals surface area (Å²) >= 11 is 2.29. The average Bonchev–Trinajstić information content (AvgIpc) is 2.66. The first-order valence-corrected chi connectivity index (χ1v) is 5.86. The molecule has 0 saturated heterocycles. The van der Waals surface area contributed by atoms with Crippen LogP contribution in [0.5, 0.6) is 0 Å². The molecule has 0 bridgehead atoms. The van der Waals surface area contributed by atoms with Crippen molar-refractivity contribution in [1.29, 1.82) is 0 Å². The number of furan rings is 1. The number of benzene rings is 1. The van der Waals surface area contributed by atoms with Gasteiger partial charge in [0.25, 0.3) is 0 Å². The Hall–Kier alpha value is -0.810. The van der Waals surface area contributed by atoms with Crippen molar-refractivity contribution in [3.05, 3.63) is 45.7 Å². The zero-order valence-electron chi connectivity index (χ0n) is 8.41. The van der Waals surface area contributed by atoms with Crippen molar-refractivity contribution in [3.63, 3.8) is 0 Å². The summed E-state index contributed by atoms with van der Waals surface area (Å²) in [5.74, 6) is 1.70. The lowest BCUT2D eigenvalue weighted by Gasteiger charge is -2.00. The molecule has 2 aromatic rings. The molecule has 0 aliphatic carbocycles. The first kappa shape index (κ1) is 10.7. The first-order chi connectivity index (χ1) is 7.16. The third-order valence-corrected chi connectivity index (χ3v) is 2.86. The molecule has 0 saturated carbocycles.